The van der Waals surface area contributed by atoms with Crippen molar-refractivity contribution in [1.82, 2.24) is 0 Å². The second-order valence-corrected chi connectivity index (χ2v) is 4.36. The van der Waals surface area contributed by atoms with E-state index in [1.165, 1.54) is 0 Å². The molecule has 0 nitrogen and oxygen atoms in total. The zero-order valence-corrected chi connectivity index (χ0v) is 8.08. The highest BCUT2D eigenvalue weighted by Crippen LogP contribution is 2.28. The molecule has 0 saturated heterocycles. The van der Waals surface area contributed by atoms with Gasteiger partial charge in [-0.05, 0) is 31.5 Å². The minimum atomic E-state index is -0.301. The molecule has 0 N–H and O–H groups in total. The molecule has 0 bridgehead atoms. The summed E-state index contributed by atoms with van der Waals surface area (Å²) in [5.41, 5.74) is 1.09. The van der Waals surface area contributed by atoms with E-state index in [0.717, 1.165) is 10.6 Å². The van der Waals surface area contributed by atoms with Crippen LogP contribution in [0.4, 0.5) is 0 Å². The lowest BCUT2D eigenvalue weighted by Gasteiger charge is -2.15. The average molecular weight is 189 g/mol. The molecule has 0 atom stereocenters. The van der Waals surface area contributed by atoms with Crippen molar-refractivity contribution in [1.29, 1.82) is 0 Å². The van der Waals surface area contributed by atoms with Crippen LogP contribution < -0.4 is 0 Å². The first kappa shape index (κ1) is 8.89. The number of benzene rings is 1. The maximum absolute atomic E-state index is 6.07. The molecular formula is C9H10Cl2. The molecule has 0 aliphatic rings. The van der Waals surface area contributed by atoms with Crippen molar-refractivity contribution in [2.75, 3.05) is 0 Å². The minimum absolute atomic E-state index is 0.301. The van der Waals surface area contributed by atoms with E-state index in [1.807, 2.05) is 38.1 Å². The van der Waals surface area contributed by atoms with E-state index < -0.39 is 0 Å². The summed E-state index contributed by atoms with van der Waals surface area (Å²) in [5, 5.41) is 0.745. The molecule has 0 aliphatic carbocycles. The fourth-order valence-electron chi connectivity index (χ4n) is 0.846. The SMILES string of the molecule is CC(C)(Cl)c1ccc(Cl)cc1. The van der Waals surface area contributed by atoms with Crippen molar-refractivity contribution in [3.05, 3.63) is 34.9 Å². The third-order valence-corrected chi connectivity index (χ3v) is 2.00. The van der Waals surface area contributed by atoms with E-state index in [2.05, 4.69) is 0 Å². The van der Waals surface area contributed by atoms with Gasteiger partial charge in [-0.3, -0.25) is 0 Å². The monoisotopic (exact) mass is 188 g/mol. The van der Waals surface area contributed by atoms with Crippen LogP contribution in [0.1, 0.15) is 19.4 Å². The molecule has 2 heteroatoms. The Hall–Kier alpha value is -0.200. The first-order valence-corrected chi connectivity index (χ1v) is 4.21. The Balaban J connectivity index is 2.99. The molecule has 0 spiro atoms. The van der Waals surface area contributed by atoms with Gasteiger partial charge in [-0.1, -0.05) is 23.7 Å². The van der Waals surface area contributed by atoms with Crippen LogP contribution >= 0.6 is 23.2 Å². The van der Waals surface area contributed by atoms with Gasteiger partial charge in [0.25, 0.3) is 0 Å². The van der Waals surface area contributed by atoms with Crippen molar-refractivity contribution in [2.45, 2.75) is 18.7 Å². The van der Waals surface area contributed by atoms with Crippen LogP contribution in [0.5, 0.6) is 0 Å². The molecule has 0 radical (unpaired) electrons. The van der Waals surface area contributed by atoms with E-state index >= 15 is 0 Å². The van der Waals surface area contributed by atoms with Crippen LogP contribution in [0.25, 0.3) is 0 Å². The molecule has 1 aromatic carbocycles. The molecule has 1 rings (SSSR count). The van der Waals surface area contributed by atoms with Gasteiger partial charge in [-0.2, -0.15) is 0 Å². The molecule has 0 fully saturated rings. The summed E-state index contributed by atoms with van der Waals surface area (Å²) in [6.07, 6.45) is 0. The molecule has 0 heterocycles. The molecule has 0 amide bonds. The van der Waals surface area contributed by atoms with Crippen molar-refractivity contribution in [3.63, 3.8) is 0 Å². The molecule has 11 heavy (non-hydrogen) atoms. The molecule has 0 aromatic heterocycles. The van der Waals surface area contributed by atoms with Crippen molar-refractivity contribution >= 4 is 23.2 Å². The number of alkyl halides is 1. The lowest BCUT2D eigenvalue weighted by atomic mass is 10.0. The summed E-state index contributed by atoms with van der Waals surface area (Å²) >= 11 is 11.8. The van der Waals surface area contributed by atoms with Crippen LogP contribution in [0.2, 0.25) is 5.02 Å². The lowest BCUT2D eigenvalue weighted by molar-refractivity contribution is 0.766. The van der Waals surface area contributed by atoms with Crippen LogP contribution in [0, 0.1) is 0 Å². The number of hydrogen-bond donors (Lipinski definition) is 0. The van der Waals surface area contributed by atoms with Crippen LogP contribution in [-0.4, -0.2) is 0 Å². The Morgan fingerprint density at radius 3 is 1.91 bits per heavy atom. The first-order chi connectivity index (χ1) is 5.00. The average Bonchev–Trinajstić information content (AvgIpc) is 1.86. The largest absolute Gasteiger partial charge is 0.115 e. The van der Waals surface area contributed by atoms with Crippen molar-refractivity contribution < 1.29 is 0 Å². The number of hydrogen-bond acceptors (Lipinski definition) is 0. The zero-order chi connectivity index (χ0) is 8.48. The molecule has 0 aliphatic heterocycles. The number of rotatable bonds is 1. The van der Waals surface area contributed by atoms with Gasteiger partial charge in [0, 0.05) is 5.02 Å². The zero-order valence-electron chi connectivity index (χ0n) is 6.57. The fourth-order valence-corrected chi connectivity index (χ4v) is 1.10. The summed E-state index contributed by atoms with van der Waals surface area (Å²) in [6.45, 7) is 3.91. The smallest absolute Gasteiger partial charge is 0.0638 e. The Morgan fingerprint density at radius 1 is 1.09 bits per heavy atom. The van der Waals surface area contributed by atoms with Crippen LogP contribution in [-0.2, 0) is 4.87 Å². The summed E-state index contributed by atoms with van der Waals surface area (Å²) in [7, 11) is 0. The quantitative estimate of drug-likeness (QED) is 0.589. The fraction of sp³-hybridized carbons (Fsp3) is 0.333. The minimum Gasteiger partial charge on any atom is -0.115 e. The molecule has 0 saturated carbocycles. The van der Waals surface area contributed by atoms with Gasteiger partial charge in [0.15, 0.2) is 0 Å². The van der Waals surface area contributed by atoms with E-state index in [0.29, 0.717) is 0 Å². The van der Waals surface area contributed by atoms with Crippen LogP contribution in [0.3, 0.4) is 0 Å². The Morgan fingerprint density at radius 2 is 1.55 bits per heavy atom. The highest BCUT2D eigenvalue weighted by atomic mass is 35.5. The Bertz CT molecular complexity index is 231. The summed E-state index contributed by atoms with van der Waals surface area (Å²) in [4.78, 5) is -0.301. The summed E-state index contributed by atoms with van der Waals surface area (Å²) in [5.74, 6) is 0. The van der Waals surface area contributed by atoms with E-state index in [1.54, 1.807) is 0 Å². The van der Waals surface area contributed by atoms with Gasteiger partial charge in [-0.25, -0.2) is 0 Å². The lowest BCUT2D eigenvalue weighted by Crippen LogP contribution is -2.06. The van der Waals surface area contributed by atoms with Gasteiger partial charge >= 0.3 is 0 Å². The molecular weight excluding hydrogens is 179 g/mol. The Labute approximate surface area is 77.1 Å². The highest BCUT2D eigenvalue weighted by molar-refractivity contribution is 6.30. The second kappa shape index (κ2) is 3.04. The number of halogens is 2. The van der Waals surface area contributed by atoms with Gasteiger partial charge in [0.05, 0.1) is 4.87 Å². The predicted molar refractivity (Wildman–Crippen MR) is 50.3 cm³/mol. The standard InChI is InChI=1S/C9H10Cl2/c1-9(2,11)7-3-5-8(10)6-4-7/h3-6H,1-2H3. The summed E-state index contributed by atoms with van der Waals surface area (Å²) in [6, 6.07) is 7.58. The molecule has 1 aromatic rings. The predicted octanol–water partition coefficient (Wildman–Crippen LogP) is 3.81. The maximum Gasteiger partial charge on any atom is 0.0638 e. The van der Waals surface area contributed by atoms with E-state index in [9.17, 15) is 0 Å². The third kappa shape index (κ3) is 2.39. The van der Waals surface area contributed by atoms with E-state index in [-0.39, 0.29) is 4.87 Å². The van der Waals surface area contributed by atoms with Gasteiger partial charge < -0.3 is 0 Å². The van der Waals surface area contributed by atoms with Crippen LogP contribution in [0.15, 0.2) is 24.3 Å². The van der Waals surface area contributed by atoms with E-state index in [4.69, 9.17) is 23.2 Å². The van der Waals surface area contributed by atoms with Crippen molar-refractivity contribution in [2.24, 2.45) is 0 Å². The second-order valence-electron chi connectivity index (χ2n) is 2.98. The first-order valence-electron chi connectivity index (χ1n) is 3.45. The van der Waals surface area contributed by atoms with Gasteiger partial charge in [0.1, 0.15) is 0 Å². The van der Waals surface area contributed by atoms with Gasteiger partial charge in [0.2, 0.25) is 0 Å². The Kier molecular flexibility index (Phi) is 2.46. The van der Waals surface area contributed by atoms with Gasteiger partial charge in [-0.15, -0.1) is 11.6 Å². The highest BCUT2D eigenvalue weighted by Gasteiger charge is 2.15. The maximum atomic E-state index is 6.07. The normalized spacial score (nSPS) is 11.6. The summed E-state index contributed by atoms with van der Waals surface area (Å²) < 4.78 is 0. The topological polar surface area (TPSA) is 0 Å². The molecule has 60 valence electrons. The van der Waals surface area contributed by atoms with Crippen molar-refractivity contribution in [3.8, 4) is 0 Å². The molecule has 0 unspecified atom stereocenters. The third-order valence-electron chi connectivity index (χ3n) is 1.53.